The molecule has 0 aliphatic heterocycles. The van der Waals surface area contributed by atoms with Gasteiger partial charge in [-0.2, -0.15) is 0 Å². The Labute approximate surface area is 111 Å². The van der Waals surface area contributed by atoms with Gasteiger partial charge in [-0.15, -0.1) is 0 Å². The highest BCUT2D eigenvalue weighted by atomic mass is 32.2. The number of hydrogen-bond acceptors (Lipinski definition) is 4. The number of rotatable bonds is 3. The maximum Gasteiger partial charge on any atom is 0.200 e. The quantitative estimate of drug-likeness (QED) is 0.865. The van der Waals surface area contributed by atoms with E-state index in [9.17, 15) is 18.3 Å². The van der Waals surface area contributed by atoms with E-state index in [1.165, 1.54) is 11.5 Å². The second-order valence-corrected chi connectivity index (χ2v) is 6.98. The molecule has 102 valence electrons. The number of Topliss-reactive ketones (excluding diaryl/α,β-unsaturated/α-hetero) is 1. The maximum absolute atomic E-state index is 12.2. The van der Waals surface area contributed by atoms with E-state index in [2.05, 4.69) is 0 Å². The third-order valence-electron chi connectivity index (χ3n) is 3.33. The normalized spacial score (nSPS) is 13.6. The monoisotopic (exact) mass is 281 g/mol. The molecule has 1 unspecified atom stereocenters. The van der Waals surface area contributed by atoms with Crippen LogP contribution in [0.25, 0.3) is 10.9 Å². The Morgan fingerprint density at radius 1 is 1.32 bits per heavy atom. The smallest absolute Gasteiger partial charge is 0.200 e. The molecule has 0 fully saturated rings. The van der Waals surface area contributed by atoms with Crippen molar-refractivity contribution in [1.82, 2.24) is 4.57 Å². The van der Waals surface area contributed by atoms with Crippen molar-refractivity contribution >= 4 is 26.5 Å². The molecule has 1 aromatic heterocycles. The summed E-state index contributed by atoms with van der Waals surface area (Å²) in [6.07, 6.45) is 1.01. The van der Waals surface area contributed by atoms with Crippen molar-refractivity contribution < 1.29 is 18.3 Å². The summed E-state index contributed by atoms with van der Waals surface area (Å²) < 4.78 is 24.5. The van der Waals surface area contributed by atoms with Gasteiger partial charge in [0.05, 0.1) is 5.52 Å². The van der Waals surface area contributed by atoms with Crippen molar-refractivity contribution in [3.63, 3.8) is 0 Å². The van der Waals surface area contributed by atoms with Gasteiger partial charge in [-0.1, -0.05) is 12.1 Å². The van der Waals surface area contributed by atoms with Crippen LogP contribution in [0.5, 0.6) is 5.75 Å². The van der Waals surface area contributed by atoms with Crippen LogP contribution >= 0.6 is 0 Å². The summed E-state index contributed by atoms with van der Waals surface area (Å²) in [6, 6.07) is 6.98. The summed E-state index contributed by atoms with van der Waals surface area (Å²) >= 11 is 0. The van der Waals surface area contributed by atoms with E-state index in [1.807, 2.05) is 0 Å². The highest BCUT2D eigenvalue weighted by molar-refractivity contribution is 7.92. The molecule has 1 heterocycles. The van der Waals surface area contributed by atoms with Gasteiger partial charge < -0.3 is 9.67 Å². The molecule has 1 aromatic carbocycles. The van der Waals surface area contributed by atoms with Gasteiger partial charge in [0.15, 0.2) is 15.6 Å². The van der Waals surface area contributed by atoms with E-state index in [-0.39, 0.29) is 11.4 Å². The SMILES string of the molecule is CC(C(=O)c1c(O)c2ccccc2n1C)S(C)(=O)=O. The largest absolute Gasteiger partial charge is 0.505 e. The second-order valence-electron chi connectivity index (χ2n) is 4.61. The standard InChI is InChI=1S/C13H15NO4S/c1-8(19(3,17)18)12(15)11-13(16)9-6-4-5-7-10(9)14(11)2/h4-8,16H,1-3H3. The van der Waals surface area contributed by atoms with E-state index in [0.29, 0.717) is 10.9 Å². The fourth-order valence-corrected chi connectivity index (χ4v) is 2.54. The first-order valence-corrected chi connectivity index (χ1v) is 7.70. The van der Waals surface area contributed by atoms with Crippen LogP contribution in [0, 0.1) is 0 Å². The summed E-state index contributed by atoms with van der Waals surface area (Å²) in [5, 5.41) is 9.48. The zero-order valence-corrected chi connectivity index (χ0v) is 11.7. The van der Waals surface area contributed by atoms with Gasteiger partial charge in [0.1, 0.15) is 10.9 Å². The van der Waals surface area contributed by atoms with Crippen molar-refractivity contribution in [2.45, 2.75) is 12.2 Å². The lowest BCUT2D eigenvalue weighted by molar-refractivity contribution is 0.0981. The number of aromatic hydroxyl groups is 1. The Balaban J connectivity index is 2.67. The Bertz CT molecular complexity index is 719. The Hall–Kier alpha value is -1.82. The molecule has 6 heteroatoms. The molecule has 0 spiro atoms. The Morgan fingerprint density at radius 2 is 1.89 bits per heavy atom. The highest BCUT2D eigenvalue weighted by Crippen LogP contribution is 2.32. The first-order valence-electron chi connectivity index (χ1n) is 5.74. The van der Waals surface area contributed by atoms with Crippen LogP contribution in [-0.4, -0.2) is 35.4 Å². The number of aromatic nitrogens is 1. The number of aryl methyl sites for hydroxylation is 1. The molecular weight excluding hydrogens is 266 g/mol. The number of sulfone groups is 1. The molecule has 0 amide bonds. The zero-order valence-electron chi connectivity index (χ0n) is 10.9. The van der Waals surface area contributed by atoms with Crippen molar-refractivity contribution in [3.8, 4) is 5.75 Å². The number of nitrogens with zero attached hydrogens (tertiary/aromatic N) is 1. The molecule has 19 heavy (non-hydrogen) atoms. The minimum atomic E-state index is -3.50. The number of carbonyl (C=O) groups excluding carboxylic acids is 1. The highest BCUT2D eigenvalue weighted by Gasteiger charge is 2.30. The first kappa shape index (κ1) is 13.6. The Kier molecular flexibility index (Phi) is 3.14. The average Bonchev–Trinajstić information content (AvgIpc) is 2.60. The molecular formula is C13H15NO4S. The van der Waals surface area contributed by atoms with E-state index < -0.39 is 20.9 Å². The van der Waals surface area contributed by atoms with Gasteiger partial charge in [0.2, 0.25) is 5.78 Å². The van der Waals surface area contributed by atoms with Crippen LogP contribution in [0.15, 0.2) is 24.3 Å². The third kappa shape index (κ3) is 2.12. The number of hydrogen-bond donors (Lipinski definition) is 1. The van der Waals surface area contributed by atoms with E-state index in [0.717, 1.165) is 6.26 Å². The van der Waals surface area contributed by atoms with Gasteiger partial charge in [-0.25, -0.2) is 8.42 Å². The van der Waals surface area contributed by atoms with Crippen molar-refractivity contribution in [3.05, 3.63) is 30.0 Å². The first-order chi connectivity index (χ1) is 8.75. The molecule has 0 aliphatic carbocycles. The number of fused-ring (bicyclic) bond motifs is 1. The van der Waals surface area contributed by atoms with Crippen molar-refractivity contribution in [2.24, 2.45) is 7.05 Å². The number of para-hydroxylation sites is 1. The predicted octanol–water partition coefficient (Wildman–Crippen LogP) is 1.50. The van der Waals surface area contributed by atoms with Gasteiger partial charge in [-0.05, 0) is 19.1 Å². The lowest BCUT2D eigenvalue weighted by Gasteiger charge is -2.09. The molecule has 5 nitrogen and oxygen atoms in total. The number of benzene rings is 1. The zero-order chi connectivity index (χ0) is 14.4. The van der Waals surface area contributed by atoms with Crippen molar-refractivity contribution in [2.75, 3.05) is 6.26 Å². The molecule has 0 bridgehead atoms. The van der Waals surface area contributed by atoms with E-state index in [4.69, 9.17) is 0 Å². The minimum absolute atomic E-state index is 0.0270. The fraction of sp³-hybridized carbons (Fsp3) is 0.308. The van der Waals surface area contributed by atoms with Gasteiger partial charge in [0, 0.05) is 18.7 Å². The topological polar surface area (TPSA) is 76.4 Å². The molecule has 0 saturated carbocycles. The van der Waals surface area contributed by atoms with Crippen LogP contribution in [0.1, 0.15) is 17.4 Å². The van der Waals surface area contributed by atoms with Crippen molar-refractivity contribution in [1.29, 1.82) is 0 Å². The van der Waals surface area contributed by atoms with Gasteiger partial charge in [-0.3, -0.25) is 4.79 Å². The molecule has 0 saturated heterocycles. The summed E-state index contributed by atoms with van der Waals surface area (Å²) in [7, 11) is -1.87. The molecule has 2 rings (SSSR count). The minimum Gasteiger partial charge on any atom is -0.505 e. The van der Waals surface area contributed by atoms with Gasteiger partial charge >= 0.3 is 0 Å². The lowest BCUT2D eigenvalue weighted by atomic mass is 10.2. The van der Waals surface area contributed by atoms with Crippen LogP contribution in [-0.2, 0) is 16.9 Å². The number of ketones is 1. The summed E-state index contributed by atoms with van der Waals surface area (Å²) in [5.41, 5.74) is 0.711. The van der Waals surface area contributed by atoms with Crippen LogP contribution in [0.4, 0.5) is 0 Å². The van der Waals surface area contributed by atoms with Crippen LogP contribution < -0.4 is 0 Å². The Morgan fingerprint density at radius 3 is 2.42 bits per heavy atom. The van der Waals surface area contributed by atoms with E-state index >= 15 is 0 Å². The molecule has 0 aliphatic rings. The molecule has 1 atom stereocenters. The third-order valence-corrected chi connectivity index (χ3v) is 4.82. The fourth-order valence-electron chi connectivity index (χ4n) is 2.04. The predicted molar refractivity (Wildman–Crippen MR) is 73.2 cm³/mol. The van der Waals surface area contributed by atoms with E-state index in [1.54, 1.807) is 31.3 Å². The second kappa shape index (κ2) is 4.38. The summed E-state index contributed by atoms with van der Waals surface area (Å²) in [4.78, 5) is 12.2. The average molecular weight is 281 g/mol. The summed E-state index contributed by atoms with van der Waals surface area (Å²) in [6.45, 7) is 1.33. The molecule has 2 aromatic rings. The lowest BCUT2D eigenvalue weighted by Crippen LogP contribution is -2.27. The van der Waals surface area contributed by atoms with Gasteiger partial charge in [0.25, 0.3) is 0 Å². The maximum atomic E-state index is 12.2. The molecule has 0 radical (unpaired) electrons. The summed E-state index contributed by atoms with van der Waals surface area (Å²) in [5.74, 6) is -0.766. The van der Waals surface area contributed by atoms with Crippen LogP contribution in [0.2, 0.25) is 0 Å². The number of carbonyl (C=O) groups is 1. The van der Waals surface area contributed by atoms with Crippen LogP contribution in [0.3, 0.4) is 0 Å². The molecule has 1 N–H and O–H groups in total.